The van der Waals surface area contributed by atoms with Crippen molar-refractivity contribution in [3.8, 4) is 34.5 Å². The number of H-pyrrole nitrogens is 1. The minimum absolute atomic E-state index is 0.0267. The van der Waals surface area contributed by atoms with Crippen LogP contribution in [0.1, 0.15) is 48.3 Å². The van der Waals surface area contributed by atoms with Crippen LogP contribution < -0.4 is 15.5 Å². The number of aliphatic carboxylic acids is 1. The summed E-state index contributed by atoms with van der Waals surface area (Å²) in [5.74, 6) is 6.66. The third-order valence-corrected chi connectivity index (χ3v) is 13.9. The lowest BCUT2D eigenvalue weighted by molar-refractivity contribution is -0.316. The molecule has 2 aliphatic heterocycles. The fraction of sp³-hybridized carbons (Fsp3) is 0.362. The summed E-state index contributed by atoms with van der Waals surface area (Å²) < 4.78 is 24.3. The Morgan fingerprint density at radius 2 is 1.89 bits per heavy atom. The molecule has 14 heteroatoms. The van der Waals surface area contributed by atoms with Crippen LogP contribution in [0.5, 0.6) is 11.5 Å². The number of aryl methyl sites for hydroxylation is 1. The second-order valence-electron chi connectivity index (χ2n) is 15.7. The molecule has 318 valence electrons. The Hall–Kier alpha value is -4.98. The molecule has 6 N–H and O–H groups in total. The van der Waals surface area contributed by atoms with E-state index in [-0.39, 0.29) is 58.1 Å². The number of aromatic nitrogens is 1. The first-order valence-electron chi connectivity index (χ1n) is 20.4. The molecular formula is C47H48N2O10S2. The number of aromatic hydroxyl groups is 1. The molecule has 0 amide bonds. The van der Waals surface area contributed by atoms with Crippen LogP contribution in [0, 0.1) is 23.7 Å². The van der Waals surface area contributed by atoms with Crippen molar-refractivity contribution in [3.05, 3.63) is 124 Å². The average molecular weight is 865 g/mol. The monoisotopic (exact) mass is 864 g/mol. The van der Waals surface area contributed by atoms with E-state index in [2.05, 4.69) is 64.6 Å². The van der Waals surface area contributed by atoms with Crippen LogP contribution in [0.3, 0.4) is 0 Å². The first-order chi connectivity index (χ1) is 29.7. The predicted octanol–water partition coefficient (Wildman–Crippen LogP) is 6.95. The summed E-state index contributed by atoms with van der Waals surface area (Å²) in [5.41, 5.74) is 2.28. The molecule has 2 saturated heterocycles. The van der Waals surface area contributed by atoms with E-state index in [9.17, 15) is 30.0 Å². The Kier molecular flexibility index (Phi) is 13.6. The summed E-state index contributed by atoms with van der Waals surface area (Å²) in [4.78, 5) is 29.2. The number of phenols is 1. The van der Waals surface area contributed by atoms with Gasteiger partial charge in [-0.05, 0) is 96.1 Å². The topological polar surface area (TPSA) is 184 Å². The number of aliphatic hydroxyl groups excluding tert-OH is 1. The summed E-state index contributed by atoms with van der Waals surface area (Å²) in [6, 6.07) is 21.2. The molecule has 2 aromatic heterocycles. The van der Waals surface area contributed by atoms with Crippen molar-refractivity contribution in [2.75, 3.05) is 24.8 Å². The molecule has 0 bridgehead atoms. The molecule has 1 aliphatic carbocycles. The first kappa shape index (κ1) is 42.7. The van der Waals surface area contributed by atoms with E-state index in [1.807, 2.05) is 12.4 Å². The van der Waals surface area contributed by atoms with Crippen molar-refractivity contribution in [1.82, 2.24) is 10.3 Å². The maximum atomic E-state index is 13.5. The second kappa shape index (κ2) is 19.4. The van der Waals surface area contributed by atoms with Crippen molar-refractivity contribution in [2.45, 2.75) is 68.2 Å². The van der Waals surface area contributed by atoms with Crippen LogP contribution in [-0.2, 0) is 20.7 Å². The number of carbonyl (C=O) groups is 1. The van der Waals surface area contributed by atoms with E-state index in [0.717, 1.165) is 37.0 Å². The van der Waals surface area contributed by atoms with Gasteiger partial charge < -0.3 is 49.4 Å². The van der Waals surface area contributed by atoms with Gasteiger partial charge in [0.2, 0.25) is 6.29 Å². The van der Waals surface area contributed by atoms with Gasteiger partial charge in [-0.25, -0.2) is 4.79 Å². The van der Waals surface area contributed by atoms with E-state index in [0.29, 0.717) is 24.1 Å². The van der Waals surface area contributed by atoms with Gasteiger partial charge >= 0.3 is 5.97 Å². The lowest BCUT2D eigenvalue weighted by Crippen LogP contribution is -2.72. The van der Waals surface area contributed by atoms with Crippen molar-refractivity contribution in [2.24, 2.45) is 11.8 Å². The number of hydrogen-bond donors (Lipinski definition) is 6. The van der Waals surface area contributed by atoms with E-state index < -0.39 is 36.2 Å². The fourth-order valence-corrected chi connectivity index (χ4v) is 10.6. The smallest absolute Gasteiger partial charge is 0.335 e. The lowest BCUT2D eigenvalue weighted by Gasteiger charge is -2.48. The summed E-state index contributed by atoms with van der Waals surface area (Å²) in [5, 5.41) is 47.8. The molecule has 4 heterocycles. The maximum absolute atomic E-state index is 13.5. The zero-order chi connectivity index (χ0) is 42.3. The molecule has 2 fully saturated rings. The average Bonchev–Trinajstić information content (AvgIpc) is 3.79. The van der Waals surface area contributed by atoms with Crippen molar-refractivity contribution < 1.29 is 43.8 Å². The van der Waals surface area contributed by atoms with Gasteiger partial charge in [-0.2, -0.15) is 0 Å². The van der Waals surface area contributed by atoms with Crippen LogP contribution in [0.25, 0.3) is 28.2 Å². The summed E-state index contributed by atoms with van der Waals surface area (Å²) >= 11 is 0. The highest BCUT2D eigenvalue weighted by atomic mass is 33.1. The van der Waals surface area contributed by atoms with Gasteiger partial charge in [-0.15, -0.1) is 11.8 Å². The highest BCUT2D eigenvalue weighted by molar-refractivity contribution is 8.76. The van der Waals surface area contributed by atoms with E-state index in [4.69, 9.17) is 18.6 Å². The van der Waals surface area contributed by atoms with Crippen molar-refractivity contribution >= 4 is 44.6 Å². The number of allylic oxidation sites excluding steroid dienone is 1. The molecule has 12 nitrogen and oxygen atoms in total. The molecule has 0 spiro atoms. The van der Waals surface area contributed by atoms with Gasteiger partial charge in [0.25, 0.3) is 0 Å². The quantitative estimate of drug-likeness (QED) is 0.0763. The van der Waals surface area contributed by atoms with Gasteiger partial charge in [0.1, 0.15) is 41.5 Å². The number of phenolic OH excluding ortho intramolecular Hbond substituents is 1. The Bertz CT molecular complexity index is 2450. The van der Waals surface area contributed by atoms with Crippen molar-refractivity contribution in [3.63, 3.8) is 0 Å². The number of β-amino-alcohol motifs (C(OH)–C–C–N with tert-alkyl or cyclic N) is 1. The number of nitrogens with one attached hydrogen (secondary N) is 2. The summed E-state index contributed by atoms with van der Waals surface area (Å²) in [6.45, 7) is 0.239. The van der Waals surface area contributed by atoms with Gasteiger partial charge in [-0.1, -0.05) is 70.1 Å². The molecule has 5 aromatic rings. The number of carboxylic acid groups (broad SMARTS) is 1. The van der Waals surface area contributed by atoms with Crippen LogP contribution >= 0.6 is 21.6 Å². The SMILES string of the molecule is O=C(O)[C@H]1O[C@@H](Oc2ccc3c(=O)c(-c4ccc(O)cc4)coc3c2)[C@@]2(O)CNC[C@@H]([C@@H]3CC#CCCCc4ccccc4/C=C/C3)[C@@H](c3cc[nH]c3)CSSCO[C@H]2[C@@H]1O. The third kappa shape index (κ3) is 9.59. The minimum Gasteiger partial charge on any atom is -0.508 e. The van der Waals surface area contributed by atoms with E-state index in [1.165, 1.54) is 58.5 Å². The predicted molar refractivity (Wildman–Crippen MR) is 236 cm³/mol. The first-order valence-corrected chi connectivity index (χ1v) is 22.9. The fourth-order valence-electron chi connectivity index (χ4n) is 8.56. The van der Waals surface area contributed by atoms with Gasteiger partial charge in [0.05, 0.1) is 10.9 Å². The Morgan fingerprint density at radius 3 is 2.70 bits per heavy atom. The second-order valence-corrected chi connectivity index (χ2v) is 18.1. The number of fused-ring (bicyclic) bond motifs is 3. The largest absolute Gasteiger partial charge is 0.508 e. The van der Waals surface area contributed by atoms with E-state index in [1.54, 1.807) is 22.9 Å². The summed E-state index contributed by atoms with van der Waals surface area (Å²) in [7, 11) is 3.03. The number of hydrogen-bond acceptors (Lipinski definition) is 12. The molecule has 8 atom stereocenters. The van der Waals surface area contributed by atoms with E-state index >= 15 is 0 Å². The Morgan fingerprint density at radius 1 is 1.03 bits per heavy atom. The number of aromatic amines is 1. The number of benzene rings is 3. The number of rotatable bonds is 6. The third-order valence-electron chi connectivity index (χ3n) is 11.8. The number of ether oxygens (including phenoxy) is 3. The van der Waals surface area contributed by atoms with Crippen LogP contribution in [0.4, 0.5) is 0 Å². The maximum Gasteiger partial charge on any atom is 0.335 e. The Balaban J connectivity index is 1.10. The number of aliphatic hydroxyl groups is 2. The molecule has 61 heavy (non-hydrogen) atoms. The van der Waals surface area contributed by atoms with Crippen LogP contribution in [-0.4, -0.2) is 86.4 Å². The van der Waals surface area contributed by atoms with Crippen molar-refractivity contribution in [1.29, 1.82) is 0 Å². The molecule has 3 aliphatic rings. The Labute approximate surface area is 361 Å². The standard InChI is InChI=1S/C47H48N2O10S2/c50-34-16-14-32(15-17-34)38-25-56-40-22-35(18-19-36(40)41(38)51)58-46-47(55)27-49-24-37(31-11-4-2-1-3-8-29-9-5-6-10-30(29)12-7-13-31)39(33-20-21-48-23-33)26-60-61-28-57-44(47)42(52)43(59-46)45(53)54/h5-7,9-10,12,14-23,25,31,37,39,42-44,46,48-50,52,55H,1,3,8,11,13,24,26-28H2,(H,53,54)/b12-7+/t31-,37+,39-,42-,43+,44+,46-,47-/m1/s1. The summed E-state index contributed by atoms with van der Waals surface area (Å²) in [6.07, 6.45) is 7.32. The van der Waals surface area contributed by atoms with Crippen LogP contribution in [0.15, 0.2) is 107 Å². The zero-order valence-electron chi connectivity index (χ0n) is 33.3. The van der Waals surface area contributed by atoms with Gasteiger partial charge in [0.15, 0.2) is 17.1 Å². The normalized spacial score (nSPS) is 28.2. The number of carboxylic acids is 1. The lowest BCUT2D eigenvalue weighted by atomic mass is 9.76. The molecule has 0 radical (unpaired) electrons. The molecule has 0 unspecified atom stereocenters. The highest BCUT2D eigenvalue weighted by Crippen LogP contribution is 2.42. The molecular weight excluding hydrogens is 817 g/mol. The van der Waals surface area contributed by atoms with Crippen LogP contribution in [0.2, 0.25) is 0 Å². The molecule has 3 aromatic carbocycles. The highest BCUT2D eigenvalue weighted by Gasteiger charge is 2.59. The molecule has 0 saturated carbocycles. The zero-order valence-corrected chi connectivity index (χ0v) is 34.9. The van der Waals surface area contributed by atoms with Gasteiger partial charge in [-0.3, -0.25) is 4.79 Å². The van der Waals surface area contributed by atoms with Gasteiger partial charge in [0, 0.05) is 43.6 Å². The minimum atomic E-state index is -2.11. The molecule has 8 rings (SSSR count).